The summed E-state index contributed by atoms with van der Waals surface area (Å²) >= 11 is 0. The molecule has 4 nitrogen and oxygen atoms in total. The van der Waals surface area contributed by atoms with Gasteiger partial charge in [0, 0.05) is 6.08 Å². The van der Waals surface area contributed by atoms with Crippen molar-refractivity contribution in [2.75, 3.05) is 6.61 Å². The molecule has 2 amide bonds. The number of nitrogens with zero attached hydrogens (tertiary/aromatic N) is 1. The zero-order valence-corrected chi connectivity index (χ0v) is 15.5. The zero-order valence-electron chi connectivity index (χ0n) is 15.5. The van der Waals surface area contributed by atoms with Crippen LogP contribution in [-0.4, -0.2) is 23.5 Å². The lowest BCUT2D eigenvalue weighted by atomic mass is 10.0. The normalized spacial score (nSPS) is 16.2. The molecule has 1 unspecified atom stereocenters. The molecular formula is C24H18FNO3. The Labute approximate surface area is 167 Å². The molecule has 5 heteroatoms. The van der Waals surface area contributed by atoms with Crippen LogP contribution in [0.25, 0.3) is 17.2 Å². The molecule has 4 rings (SSSR count). The van der Waals surface area contributed by atoms with Crippen LogP contribution in [0.2, 0.25) is 0 Å². The van der Waals surface area contributed by atoms with Crippen molar-refractivity contribution in [1.29, 1.82) is 0 Å². The van der Waals surface area contributed by atoms with Gasteiger partial charge in [-0.05, 0) is 46.5 Å². The van der Waals surface area contributed by atoms with Crippen LogP contribution >= 0.6 is 0 Å². The third-order valence-electron chi connectivity index (χ3n) is 4.78. The van der Waals surface area contributed by atoms with Crippen molar-refractivity contribution in [1.82, 2.24) is 4.90 Å². The van der Waals surface area contributed by atoms with Gasteiger partial charge in [0.2, 0.25) is 0 Å². The maximum absolute atomic E-state index is 13.2. The van der Waals surface area contributed by atoms with Crippen molar-refractivity contribution in [2.24, 2.45) is 0 Å². The van der Waals surface area contributed by atoms with E-state index < -0.39 is 18.0 Å². The maximum atomic E-state index is 13.2. The number of benzene rings is 3. The first kappa shape index (κ1) is 18.6. The first-order valence-electron chi connectivity index (χ1n) is 9.21. The van der Waals surface area contributed by atoms with E-state index in [2.05, 4.69) is 0 Å². The van der Waals surface area contributed by atoms with Crippen LogP contribution in [0.4, 0.5) is 9.18 Å². The van der Waals surface area contributed by atoms with Crippen molar-refractivity contribution >= 4 is 18.1 Å². The summed E-state index contributed by atoms with van der Waals surface area (Å²) in [6.07, 6.45) is 2.32. The van der Waals surface area contributed by atoms with Gasteiger partial charge in [-0.15, -0.1) is 0 Å². The Bertz CT molecular complexity index is 1060. The van der Waals surface area contributed by atoms with E-state index in [4.69, 9.17) is 4.74 Å². The van der Waals surface area contributed by atoms with E-state index >= 15 is 0 Å². The van der Waals surface area contributed by atoms with Gasteiger partial charge in [-0.25, -0.2) is 14.1 Å². The number of hydrogen-bond donors (Lipinski definition) is 0. The molecule has 3 aromatic rings. The summed E-state index contributed by atoms with van der Waals surface area (Å²) in [5.41, 5.74) is 3.59. The fourth-order valence-electron chi connectivity index (χ4n) is 3.30. The third-order valence-corrected chi connectivity index (χ3v) is 4.78. The van der Waals surface area contributed by atoms with Crippen LogP contribution in [-0.2, 0) is 9.53 Å². The average Bonchev–Trinajstić information content (AvgIpc) is 3.15. The minimum atomic E-state index is -0.702. The van der Waals surface area contributed by atoms with Crippen molar-refractivity contribution in [2.45, 2.75) is 6.04 Å². The number of rotatable bonds is 4. The van der Waals surface area contributed by atoms with Crippen LogP contribution in [0, 0.1) is 5.82 Å². The Balaban J connectivity index is 1.54. The molecule has 1 fully saturated rings. The van der Waals surface area contributed by atoms with Gasteiger partial charge >= 0.3 is 6.09 Å². The fraction of sp³-hybridized carbons (Fsp3) is 0.0833. The third kappa shape index (κ3) is 4.09. The zero-order chi connectivity index (χ0) is 20.2. The van der Waals surface area contributed by atoms with Crippen LogP contribution < -0.4 is 0 Å². The van der Waals surface area contributed by atoms with Crippen molar-refractivity contribution in [3.8, 4) is 11.1 Å². The summed E-state index contributed by atoms with van der Waals surface area (Å²) in [6.45, 7) is 0.0491. The highest BCUT2D eigenvalue weighted by Gasteiger charge is 2.37. The Morgan fingerprint density at radius 3 is 2.45 bits per heavy atom. The predicted octanol–water partition coefficient (Wildman–Crippen LogP) is 5.23. The number of carbonyl (C=O) groups is 2. The molecule has 144 valence electrons. The highest BCUT2D eigenvalue weighted by atomic mass is 19.1. The molecule has 0 aliphatic carbocycles. The van der Waals surface area contributed by atoms with Crippen LogP contribution in [0.1, 0.15) is 17.2 Å². The summed E-state index contributed by atoms with van der Waals surface area (Å²) in [4.78, 5) is 25.9. The number of amides is 2. The largest absolute Gasteiger partial charge is 0.446 e. The minimum Gasteiger partial charge on any atom is -0.446 e. The summed E-state index contributed by atoms with van der Waals surface area (Å²) in [5, 5.41) is 0. The molecule has 0 N–H and O–H groups in total. The van der Waals surface area contributed by atoms with Crippen LogP contribution in [0.15, 0.2) is 84.9 Å². The summed E-state index contributed by atoms with van der Waals surface area (Å²) in [5.74, 6) is -0.859. The predicted molar refractivity (Wildman–Crippen MR) is 108 cm³/mol. The van der Waals surface area contributed by atoms with E-state index in [-0.39, 0.29) is 12.4 Å². The van der Waals surface area contributed by atoms with E-state index in [9.17, 15) is 14.0 Å². The van der Waals surface area contributed by atoms with Crippen molar-refractivity contribution in [3.05, 3.63) is 102 Å². The van der Waals surface area contributed by atoms with Gasteiger partial charge in [0.15, 0.2) is 0 Å². The number of carbonyl (C=O) groups excluding carboxylic acids is 2. The van der Waals surface area contributed by atoms with Gasteiger partial charge in [-0.1, -0.05) is 60.7 Å². The molecule has 1 atom stereocenters. The van der Waals surface area contributed by atoms with Crippen LogP contribution in [0.5, 0.6) is 0 Å². The highest BCUT2D eigenvalue weighted by Crippen LogP contribution is 2.28. The molecule has 0 spiro atoms. The van der Waals surface area contributed by atoms with Crippen molar-refractivity contribution < 1.29 is 18.7 Å². The van der Waals surface area contributed by atoms with Gasteiger partial charge in [0.05, 0.1) is 0 Å². The second-order valence-electron chi connectivity index (χ2n) is 6.68. The SMILES string of the molecule is O=C(C=Cc1cccc(-c2ccccc2)c1)N1C(=O)OCC1c1ccc(F)cc1. The van der Waals surface area contributed by atoms with Gasteiger partial charge in [0.1, 0.15) is 18.5 Å². The fourth-order valence-corrected chi connectivity index (χ4v) is 3.30. The van der Waals surface area contributed by atoms with E-state index in [1.54, 1.807) is 18.2 Å². The molecule has 29 heavy (non-hydrogen) atoms. The average molecular weight is 387 g/mol. The Hall–Kier alpha value is -3.73. The highest BCUT2D eigenvalue weighted by molar-refractivity contribution is 6.02. The molecule has 1 saturated heterocycles. The minimum absolute atomic E-state index is 0.0491. The van der Waals surface area contributed by atoms with Crippen molar-refractivity contribution in [3.63, 3.8) is 0 Å². The van der Waals surface area contributed by atoms with Gasteiger partial charge in [-0.2, -0.15) is 0 Å². The van der Waals surface area contributed by atoms with E-state index in [0.29, 0.717) is 5.56 Å². The lowest BCUT2D eigenvalue weighted by Gasteiger charge is -2.18. The van der Waals surface area contributed by atoms with E-state index in [1.807, 2.05) is 54.6 Å². The quantitative estimate of drug-likeness (QED) is 0.576. The van der Waals surface area contributed by atoms with E-state index in [0.717, 1.165) is 21.6 Å². The topological polar surface area (TPSA) is 46.6 Å². The van der Waals surface area contributed by atoms with Gasteiger partial charge in [0.25, 0.3) is 5.91 Å². The van der Waals surface area contributed by atoms with Gasteiger partial charge in [-0.3, -0.25) is 4.79 Å². The molecule has 1 aliphatic rings. The molecule has 0 aromatic heterocycles. The first-order chi connectivity index (χ1) is 14.1. The lowest BCUT2D eigenvalue weighted by Crippen LogP contribution is -2.32. The molecule has 0 radical (unpaired) electrons. The molecule has 1 aliphatic heterocycles. The number of cyclic esters (lactones) is 1. The number of hydrogen-bond acceptors (Lipinski definition) is 3. The summed E-state index contributed by atoms with van der Waals surface area (Å²) in [6, 6.07) is 22.8. The Kier molecular flexibility index (Phi) is 5.20. The summed E-state index contributed by atoms with van der Waals surface area (Å²) < 4.78 is 18.2. The second kappa shape index (κ2) is 8.10. The molecule has 0 saturated carbocycles. The number of halogens is 1. The smallest absolute Gasteiger partial charge is 0.417 e. The molecule has 1 heterocycles. The molecular weight excluding hydrogens is 369 g/mol. The first-order valence-corrected chi connectivity index (χ1v) is 9.21. The number of imide groups is 1. The van der Waals surface area contributed by atoms with Gasteiger partial charge < -0.3 is 4.74 Å². The molecule has 3 aromatic carbocycles. The number of ether oxygens (including phenoxy) is 1. The monoisotopic (exact) mass is 387 g/mol. The Morgan fingerprint density at radius 1 is 0.966 bits per heavy atom. The summed E-state index contributed by atoms with van der Waals surface area (Å²) in [7, 11) is 0. The van der Waals surface area contributed by atoms with Crippen LogP contribution in [0.3, 0.4) is 0 Å². The standard InChI is InChI=1S/C24H18FNO3/c25-21-12-10-19(11-13-21)22-16-29-24(28)26(22)23(27)14-9-17-5-4-8-20(15-17)18-6-2-1-3-7-18/h1-15,22H,16H2. The Morgan fingerprint density at radius 2 is 1.69 bits per heavy atom. The maximum Gasteiger partial charge on any atom is 0.417 e. The van der Waals surface area contributed by atoms with E-state index in [1.165, 1.54) is 18.2 Å². The second-order valence-corrected chi connectivity index (χ2v) is 6.68. The lowest BCUT2D eigenvalue weighted by molar-refractivity contribution is -0.124. The molecule has 0 bridgehead atoms.